The van der Waals surface area contributed by atoms with Gasteiger partial charge in [0, 0.05) is 17.0 Å². The Morgan fingerprint density at radius 1 is 1.33 bits per heavy atom. The van der Waals surface area contributed by atoms with E-state index in [-0.39, 0.29) is 5.54 Å². The molecule has 3 N–H and O–H groups in total. The van der Waals surface area contributed by atoms with E-state index < -0.39 is 10.0 Å². The predicted octanol–water partition coefficient (Wildman–Crippen LogP) is 2.21. The van der Waals surface area contributed by atoms with Crippen LogP contribution in [-0.2, 0) is 16.6 Å². The monoisotopic (exact) mass is 288 g/mol. The molecule has 18 heavy (non-hydrogen) atoms. The number of rotatable bonds is 4. The molecule has 0 spiro atoms. The van der Waals surface area contributed by atoms with Crippen molar-refractivity contribution in [3.05, 3.63) is 17.0 Å². The lowest BCUT2D eigenvalue weighted by Gasteiger charge is -2.33. The average molecular weight is 288 g/mol. The third-order valence-corrected chi connectivity index (χ3v) is 6.68. The highest BCUT2D eigenvalue weighted by molar-refractivity contribution is 7.91. The third-order valence-electron chi connectivity index (χ3n) is 3.44. The second kappa shape index (κ2) is 5.28. The highest BCUT2D eigenvalue weighted by Gasteiger charge is 2.32. The van der Waals surface area contributed by atoms with Gasteiger partial charge in [-0.05, 0) is 31.9 Å². The van der Waals surface area contributed by atoms with Gasteiger partial charge in [-0.1, -0.05) is 19.3 Å². The molecule has 2 rings (SSSR count). The summed E-state index contributed by atoms with van der Waals surface area (Å²) in [6.45, 7) is 2.39. The molecule has 0 aliphatic heterocycles. The molecule has 1 heterocycles. The molecular formula is C12H20N2O2S2. The second-order valence-electron chi connectivity index (χ2n) is 5.15. The van der Waals surface area contributed by atoms with Gasteiger partial charge in [-0.25, -0.2) is 13.1 Å². The van der Waals surface area contributed by atoms with Crippen LogP contribution in [0.25, 0.3) is 0 Å². The minimum Gasteiger partial charge on any atom is -0.326 e. The quantitative estimate of drug-likeness (QED) is 0.892. The standard InChI is InChI=1S/C12H20N2O2S2/c1-12(7-3-2-4-8-12)14-18(15,16)11-6-5-10(9-13)17-11/h5-6,14H,2-4,7-9,13H2,1H3. The van der Waals surface area contributed by atoms with E-state index in [9.17, 15) is 8.42 Å². The molecule has 1 aromatic rings. The summed E-state index contributed by atoms with van der Waals surface area (Å²) in [5, 5.41) is 0. The topological polar surface area (TPSA) is 72.2 Å². The van der Waals surface area contributed by atoms with E-state index in [0.717, 1.165) is 30.6 Å². The van der Waals surface area contributed by atoms with Crippen LogP contribution in [-0.4, -0.2) is 14.0 Å². The third kappa shape index (κ3) is 3.12. The van der Waals surface area contributed by atoms with Crippen molar-refractivity contribution in [1.82, 2.24) is 4.72 Å². The number of nitrogens with two attached hydrogens (primary N) is 1. The van der Waals surface area contributed by atoms with Gasteiger partial charge in [-0.2, -0.15) is 0 Å². The van der Waals surface area contributed by atoms with Crippen LogP contribution in [0.1, 0.15) is 43.9 Å². The minimum absolute atomic E-state index is 0.288. The maximum atomic E-state index is 12.3. The van der Waals surface area contributed by atoms with Crippen LogP contribution in [0, 0.1) is 0 Å². The summed E-state index contributed by atoms with van der Waals surface area (Å²) >= 11 is 1.25. The molecule has 1 fully saturated rings. The number of sulfonamides is 1. The first-order chi connectivity index (χ1) is 8.45. The lowest BCUT2D eigenvalue weighted by Crippen LogP contribution is -2.46. The number of nitrogens with one attached hydrogen (secondary N) is 1. The van der Waals surface area contributed by atoms with E-state index in [2.05, 4.69) is 4.72 Å². The zero-order chi connectivity index (χ0) is 13.2. The van der Waals surface area contributed by atoms with Crippen molar-refractivity contribution in [2.45, 2.75) is 55.3 Å². The molecule has 0 bridgehead atoms. The van der Waals surface area contributed by atoms with E-state index in [1.807, 2.05) is 6.92 Å². The fraction of sp³-hybridized carbons (Fsp3) is 0.667. The first-order valence-corrected chi connectivity index (χ1v) is 8.58. The first kappa shape index (κ1) is 14.0. The molecule has 1 aromatic heterocycles. The molecule has 4 nitrogen and oxygen atoms in total. The molecule has 1 aliphatic carbocycles. The van der Waals surface area contributed by atoms with Crippen molar-refractivity contribution < 1.29 is 8.42 Å². The SMILES string of the molecule is CC1(NS(=O)(=O)c2ccc(CN)s2)CCCCC1. The van der Waals surface area contributed by atoms with Gasteiger partial charge in [0.1, 0.15) is 4.21 Å². The number of thiophene rings is 1. The molecule has 1 saturated carbocycles. The Labute approximate surface area is 113 Å². The Bertz CT molecular complexity index is 502. The molecule has 0 aromatic carbocycles. The van der Waals surface area contributed by atoms with Crippen LogP contribution in [0.5, 0.6) is 0 Å². The normalized spacial score (nSPS) is 19.9. The van der Waals surface area contributed by atoms with Gasteiger partial charge >= 0.3 is 0 Å². The highest BCUT2D eigenvalue weighted by atomic mass is 32.2. The Morgan fingerprint density at radius 2 is 2.00 bits per heavy atom. The van der Waals surface area contributed by atoms with Crippen molar-refractivity contribution in [2.75, 3.05) is 0 Å². The summed E-state index contributed by atoms with van der Waals surface area (Å²) in [6, 6.07) is 3.42. The minimum atomic E-state index is -3.39. The van der Waals surface area contributed by atoms with Gasteiger partial charge in [-0.3, -0.25) is 0 Å². The van der Waals surface area contributed by atoms with Crippen molar-refractivity contribution in [3.63, 3.8) is 0 Å². The van der Waals surface area contributed by atoms with Crippen LogP contribution in [0.3, 0.4) is 0 Å². The summed E-state index contributed by atoms with van der Waals surface area (Å²) in [4.78, 5) is 0.893. The van der Waals surface area contributed by atoms with Crippen molar-refractivity contribution in [3.8, 4) is 0 Å². The Balaban J connectivity index is 2.16. The van der Waals surface area contributed by atoms with Gasteiger partial charge in [0.2, 0.25) is 0 Å². The molecule has 102 valence electrons. The maximum absolute atomic E-state index is 12.3. The van der Waals surface area contributed by atoms with Crippen LogP contribution >= 0.6 is 11.3 Å². The van der Waals surface area contributed by atoms with Crippen LogP contribution in [0.15, 0.2) is 16.3 Å². The van der Waals surface area contributed by atoms with Crippen molar-refractivity contribution >= 4 is 21.4 Å². The molecule has 0 saturated heterocycles. The van der Waals surface area contributed by atoms with E-state index in [0.29, 0.717) is 10.8 Å². The average Bonchev–Trinajstić information content (AvgIpc) is 2.77. The van der Waals surface area contributed by atoms with Crippen LogP contribution in [0.4, 0.5) is 0 Å². The van der Waals surface area contributed by atoms with E-state index >= 15 is 0 Å². The summed E-state index contributed by atoms with van der Waals surface area (Å²) < 4.78 is 27.8. The molecular weight excluding hydrogens is 268 g/mol. The number of hydrogen-bond acceptors (Lipinski definition) is 4. The van der Waals surface area contributed by atoms with E-state index in [1.165, 1.54) is 17.8 Å². The fourth-order valence-corrected chi connectivity index (χ4v) is 5.12. The van der Waals surface area contributed by atoms with Gasteiger partial charge in [0.25, 0.3) is 10.0 Å². The summed E-state index contributed by atoms with van der Waals surface area (Å²) in [7, 11) is -3.39. The molecule has 0 radical (unpaired) electrons. The van der Waals surface area contributed by atoms with Gasteiger partial charge in [-0.15, -0.1) is 11.3 Å². The van der Waals surface area contributed by atoms with Crippen LogP contribution in [0.2, 0.25) is 0 Å². The second-order valence-corrected chi connectivity index (χ2v) is 8.23. The lowest BCUT2D eigenvalue weighted by molar-refractivity contribution is 0.294. The van der Waals surface area contributed by atoms with Crippen LogP contribution < -0.4 is 10.5 Å². The van der Waals surface area contributed by atoms with Crippen molar-refractivity contribution in [1.29, 1.82) is 0 Å². The molecule has 0 amide bonds. The molecule has 0 atom stereocenters. The fourth-order valence-electron chi connectivity index (χ4n) is 2.42. The summed E-state index contributed by atoms with van der Waals surface area (Å²) in [5.41, 5.74) is 5.22. The lowest BCUT2D eigenvalue weighted by atomic mass is 9.84. The summed E-state index contributed by atoms with van der Waals surface area (Å²) in [5.74, 6) is 0. The predicted molar refractivity (Wildman–Crippen MR) is 74.0 cm³/mol. The summed E-state index contributed by atoms with van der Waals surface area (Å²) in [6.07, 6.45) is 5.23. The smallest absolute Gasteiger partial charge is 0.250 e. The Hall–Kier alpha value is -0.430. The molecule has 6 heteroatoms. The first-order valence-electron chi connectivity index (χ1n) is 6.28. The van der Waals surface area contributed by atoms with Gasteiger partial charge in [0.15, 0.2) is 0 Å². The van der Waals surface area contributed by atoms with Crippen molar-refractivity contribution in [2.24, 2.45) is 5.73 Å². The maximum Gasteiger partial charge on any atom is 0.250 e. The molecule has 1 aliphatic rings. The zero-order valence-electron chi connectivity index (χ0n) is 10.6. The van der Waals surface area contributed by atoms with E-state index in [4.69, 9.17) is 5.73 Å². The van der Waals surface area contributed by atoms with Gasteiger partial charge < -0.3 is 5.73 Å². The Kier molecular flexibility index (Phi) is 4.11. The zero-order valence-corrected chi connectivity index (χ0v) is 12.2. The highest BCUT2D eigenvalue weighted by Crippen LogP contribution is 2.30. The Morgan fingerprint density at radius 3 is 2.56 bits per heavy atom. The van der Waals surface area contributed by atoms with Gasteiger partial charge in [0.05, 0.1) is 0 Å². The number of hydrogen-bond donors (Lipinski definition) is 2. The largest absolute Gasteiger partial charge is 0.326 e. The van der Waals surface area contributed by atoms with E-state index in [1.54, 1.807) is 12.1 Å². The molecule has 0 unspecified atom stereocenters.